The number of ether oxygens (including phenoxy) is 2. The molecular formula is C21H23NO4S. The van der Waals surface area contributed by atoms with E-state index in [0.29, 0.717) is 23.7 Å². The molecule has 1 heterocycles. The van der Waals surface area contributed by atoms with Gasteiger partial charge in [0.05, 0.1) is 25.5 Å². The highest BCUT2D eigenvalue weighted by Crippen LogP contribution is 2.31. The monoisotopic (exact) mass is 385 g/mol. The van der Waals surface area contributed by atoms with Gasteiger partial charge in [-0.2, -0.15) is 0 Å². The first-order chi connectivity index (χ1) is 13.1. The third-order valence-electron chi connectivity index (χ3n) is 4.06. The Balaban J connectivity index is 1.60. The van der Waals surface area contributed by atoms with E-state index in [1.54, 1.807) is 7.11 Å². The van der Waals surface area contributed by atoms with Gasteiger partial charge in [-0.1, -0.05) is 12.1 Å². The number of benzene rings is 2. The molecule has 0 radical (unpaired) electrons. The smallest absolute Gasteiger partial charge is 0.230 e. The molecule has 142 valence electrons. The number of rotatable bonds is 8. The Bertz CT molecular complexity index is 904. The van der Waals surface area contributed by atoms with Crippen molar-refractivity contribution in [1.29, 1.82) is 0 Å². The summed E-state index contributed by atoms with van der Waals surface area (Å²) in [5.41, 5.74) is 0.711. The zero-order chi connectivity index (χ0) is 19.2. The Labute approximate surface area is 163 Å². The van der Waals surface area contributed by atoms with Crippen molar-refractivity contribution in [3.05, 3.63) is 54.3 Å². The number of para-hydroxylation sites is 1. The molecule has 1 aromatic heterocycles. The summed E-state index contributed by atoms with van der Waals surface area (Å²) in [6.45, 7) is 4.42. The van der Waals surface area contributed by atoms with Gasteiger partial charge < -0.3 is 19.2 Å². The summed E-state index contributed by atoms with van der Waals surface area (Å²) in [4.78, 5) is 13.3. The molecule has 1 unspecified atom stereocenters. The summed E-state index contributed by atoms with van der Waals surface area (Å²) in [6.07, 6.45) is 0. The van der Waals surface area contributed by atoms with Gasteiger partial charge in [0.15, 0.2) is 11.3 Å². The summed E-state index contributed by atoms with van der Waals surface area (Å²) >= 11 is 1.48. The van der Waals surface area contributed by atoms with Crippen LogP contribution in [0.3, 0.4) is 0 Å². The molecule has 0 aliphatic heterocycles. The molecule has 0 fully saturated rings. The third kappa shape index (κ3) is 4.77. The number of amides is 1. The number of methoxy groups -OCH3 is 1. The molecule has 1 atom stereocenters. The summed E-state index contributed by atoms with van der Waals surface area (Å²) in [5.74, 6) is 2.51. The van der Waals surface area contributed by atoms with E-state index in [0.717, 1.165) is 21.8 Å². The Kier molecular flexibility index (Phi) is 6.29. The average Bonchev–Trinajstić information content (AvgIpc) is 3.12. The van der Waals surface area contributed by atoms with Crippen molar-refractivity contribution in [1.82, 2.24) is 5.32 Å². The molecule has 0 saturated heterocycles. The van der Waals surface area contributed by atoms with Crippen LogP contribution < -0.4 is 14.8 Å². The quantitative estimate of drug-likeness (QED) is 0.564. The second kappa shape index (κ2) is 8.86. The topological polar surface area (TPSA) is 60.7 Å². The molecule has 0 saturated carbocycles. The van der Waals surface area contributed by atoms with Crippen LogP contribution in [0.4, 0.5) is 0 Å². The first-order valence-corrected chi connectivity index (χ1v) is 9.80. The molecule has 1 amide bonds. The minimum absolute atomic E-state index is 0.0474. The lowest BCUT2D eigenvalue weighted by molar-refractivity contribution is -0.119. The predicted octanol–water partition coefficient (Wildman–Crippen LogP) is 4.81. The maximum atomic E-state index is 12.3. The second-order valence-electron chi connectivity index (χ2n) is 6.01. The maximum Gasteiger partial charge on any atom is 0.230 e. The SMILES string of the molecule is CCOc1cccc2cc(C(C)NC(=O)CSc3ccc(OC)cc3)oc12. The fourth-order valence-electron chi connectivity index (χ4n) is 2.71. The molecule has 27 heavy (non-hydrogen) atoms. The number of carbonyl (C=O) groups excluding carboxylic acids is 1. The Hall–Kier alpha value is -2.60. The molecule has 6 heteroatoms. The van der Waals surface area contributed by atoms with Crippen LogP contribution >= 0.6 is 11.8 Å². The van der Waals surface area contributed by atoms with Crippen molar-refractivity contribution in [3.8, 4) is 11.5 Å². The number of thioether (sulfide) groups is 1. The molecule has 2 aromatic carbocycles. The summed E-state index contributed by atoms with van der Waals surface area (Å²) in [5, 5.41) is 3.95. The van der Waals surface area contributed by atoms with E-state index in [9.17, 15) is 4.79 Å². The zero-order valence-corrected chi connectivity index (χ0v) is 16.5. The normalized spacial score (nSPS) is 12.0. The summed E-state index contributed by atoms with van der Waals surface area (Å²) < 4.78 is 16.7. The van der Waals surface area contributed by atoms with Crippen LogP contribution in [-0.2, 0) is 4.79 Å². The predicted molar refractivity (Wildman–Crippen MR) is 108 cm³/mol. The highest BCUT2D eigenvalue weighted by atomic mass is 32.2. The minimum atomic E-state index is -0.226. The lowest BCUT2D eigenvalue weighted by atomic mass is 10.2. The van der Waals surface area contributed by atoms with Crippen LogP contribution in [0.1, 0.15) is 25.6 Å². The number of furan rings is 1. The average molecular weight is 385 g/mol. The largest absolute Gasteiger partial charge is 0.497 e. The number of carbonyl (C=O) groups is 1. The minimum Gasteiger partial charge on any atom is -0.497 e. The molecule has 5 nitrogen and oxygen atoms in total. The van der Waals surface area contributed by atoms with Gasteiger partial charge in [0.2, 0.25) is 5.91 Å². The van der Waals surface area contributed by atoms with E-state index in [4.69, 9.17) is 13.9 Å². The first-order valence-electron chi connectivity index (χ1n) is 8.82. The number of hydrogen-bond acceptors (Lipinski definition) is 5. The number of nitrogens with one attached hydrogen (secondary N) is 1. The van der Waals surface area contributed by atoms with Crippen LogP contribution in [0.5, 0.6) is 11.5 Å². The van der Waals surface area contributed by atoms with Crippen molar-refractivity contribution in [2.75, 3.05) is 19.5 Å². The van der Waals surface area contributed by atoms with Crippen LogP contribution in [0.25, 0.3) is 11.0 Å². The lowest BCUT2D eigenvalue weighted by Crippen LogP contribution is -2.27. The first kappa shape index (κ1) is 19.2. The Morgan fingerprint density at radius 1 is 1.22 bits per heavy atom. The van der Waals surface area contributed by atoms with Crippen molar-refractivity contribution in [3.63, 3.8) is 0 Å². The van der Waals surface area contributed by atoms with Gasteiger partial charge in [-0.15, -0.1) is 11.8 Å². The van der Waals surface area contributed by atoms with Gasteiger partial charge in [-0.05, 0) is 50.2 Å². The third-order valence-corrected chi connectivity index (χ3v) is 5.07. The standard InChI is InChI=1S/C21H23NO4S/c1-4-25-18-7-5-6-15-12-19(26-21(15)18)14(2)22-20(23)13-27-17-10-8-16(24-3)9-11-17/h5-12,14H,4,13H2,1-3H3,(H,22,23). The van der Waals surface area contributed by atoms with Gasteiger partial charge >= 0.3 is 0 Å². The molecule has 0 spiro atoms. The van der Waals surface area contributed by atoms with Gasteiger partial charge in [0, 0.05) is 10.3 Å². The van der Waals surface area contributed by atoms with Crippen molar-refractivity contribution >= 4 is 28.6 Å². The van der Waals surface area contributed by atoms with Gasteiger partial charge in [-0.3, -0.25) is 4.79 Å². The molecule has 3 rings (SSSR count). The molecule has 0 bridgehead atoms. The molecular weight excluding hydrogens is 362 g/mol. The second-order valence-corrected chi connectivity index (χ2v) is 7.06. The van der Waals surface area contributed by atoms with Crippen molar-refractivity contribution in [2.45, 2.75) is 24.8 Å². The fraction of sp³-hybridized carbons (Fsp3) is 0.286. The van der Waals surface area contributed by atoms with Crippen LogP contribution in [0.2, 0.25) is 0 Å². The van der Waals surface area contributed by atoms with Crippen LogP contribution in [-0.4, -0.2) is 25.4 Å². The van der Waals surface area contributed by atoms with Crippen molar-refractivity contribution < 1.29 is 18.7 Å². The number of hydrogen-bond donors (Lipinski definition) is 1. The molecule has 3 aromatic rings. The number of fused-ring (bicyclic) bond motifs is 1. The van der Waals surface area contributed by atoms with E-state index in [2.05, 4.69) is 5.32 Å². The van der Waals surface area contributed by atoms with E-state index < -0.39 is 0 Å². The summed E-state index contributed by atoms with van der Waals surface area (Å²) in [6, 6.07) is 15.1. The molecule has 0 aliphatic rings. The van der Waals surface area contributed by atoms with E-state index >= 15 is 0 Å². The van der Waals surface area contributed by atoms with Crippen molar-refractivity contribution in [2.24, 2.45) is 0 Å². The Morgan fingerprint density at radius 3 is 2.70 bits per heavy atom. The van der Waals surface area contributed by atoms with Gasteiger partial charge in [0.25, 0.3) is 0 Å². The van der Waals surface area contributed by atoms with E-state index in [-0.39, 0.29) is 11.9 Å². The summed E-state index contributed by atoms with van der Waals surface area (Å²) in [7, 11) is 1.63. The van der Waals surface area contributed by atoms with Crippen LogP contribution in [0.15, 0.2) is 57.8 Å². The van der Waals surface area contributed by atoms with E-state index in [1.807, 2.05) is 62.4 Å². The van der Waals surface area contributed by atoms with E-state index in [1.165, 1.54) is 11.8 Å². The fourth-order valence-corrected chi connectivity index (χ4v) is 3.42. The maximum absolute atomic E-state index is 12.3. The highest BCUT2D eigenvalue weighted by molar-refractivity contribution is 8.00. The van der Waals surface area contributed by atoms with Gasteiger partial charge in [-0.25, -0.2) is 0 Å². The zero-order valence-electron chi connectivity index (χ0n) is 15.7. The molecule has 1 N–H and O–H groups in total. The van der Waals surface area contributed by atoms with Gasteiger partial charge in [0.1, 0.15) is 11.5 Å². The van der Waals surface area contributed by atoms with Crippen LogP contribution in [0, 0.1) is 0 Å². The highest BCUT2D eigenvalue weighted by Gasteiger charge is 2.16. The lowest BCUT2D eigenvalue weighted by Gasteiger charge is -2.11. The molecule has 0 aliphatic carbocycles. The Morgan fingerprint density at radius 2 is 2.00 bits per heavy atom.